The molecule has 3 heteroatoms. The van der Waals surface area contributed by atoms with Crippen molar-refractivity contribution in [2.45, 2.75) is 19.3 Å². The minimum absolute atomic E-state index is 0.988. The van der Waals surface area contributed by atoms with E-state index in [1.165, 1.54) is 38.3 Å². The summed E-state index contributed by atoms with van der Waals surface area (Å²) in [5.41, 5.74) is 0. The third-order valence-electron chi connectivity index (χ3n) is 2.67. The lowest BCUT2D eigenvalue weighted by molar-refractivity contribution is 0.309. The first-order valence-electron chi connectivity index (χ1n) is 4.88. The molecule has 3 nitrogen and oxygen atoms in total. The highest BCUT2D eigenvalue weighted by Gasteiger charge is 2.20. The lowest BCUT2D eigenvalue weighted by Gasteiger charge is -2.31. The molecule has 1 fully saturated rings. The van der Waals surface area contributed by atoms with Crippen LogP contribution < -0.4 is 0 Å². The average Bonchev–Trinajstić information content (AvgIpc) is 2.53. The van der Waals surface area contributed by atoms with E-state index >= 15 is 0 Å². The molecule has 1 saturated heterocycles. The third-order valence-corrected chi connectivity index (χ3v) is 2.67. The number of piperidine rings is 1. The molecule has 0 aromatic rings. The van der Waals surface area contributed by atoms with Crippen molar-refractivity contribution in [1.29, 1.82) is 0 Å². The van der Waals surface area contributed by atoms with Crippen molar-refractivity contribution in [2.75, 3.05) is 33.2 Å². The number of aliphatic imine (C=N–C) groups is 1. The monoisotopic (exact) mass is 167 g/mol. The highest BCUT2D eigenvalue weighted by atomic mass is 15.4. The van der Waals surface area contributed by atoms with Crippen molar-refractivity contribution >= 4 is 5.96 Å². The summed E-state index contributed by atoms with van der Waals surface area (Å²) in [6, 6.07) is 0. The number of nitrogens with zero attached hydrogens (tertiary/aromatic N) is 3. The van der Waals surface area contributed by atoms with E-state index in [0.29, 0.717) is 0 Å². The lowest BCUT2D eigenvalue weighted by Crippen LogP contribution is -2.42. The zero-order valence-corrected chi connectivity index (χ0v) is 7.79. The number of guanidine groups is 1. The first kappa shape index (κ1) is 7.90. The Kier molecular flexibility index (Phi) is 2.19. The topological polar surface area (TPSA) is 18.8 Å². The predicted octanol–water partition coefficient (Wildman–Crippen LogP) is 0.774. The zero-order chi connectivity index (χ0) is 8.39. The van der Waals surface area contributed by atoms with Crippen LogP contribution in [0, 0.1) is 0 Å². The van der Waals surface area contributed by atoms with Crippen LogP contribution in [0.15, 0.2) is 4.99 Å². The van der Waals surface area contributed by atoms with Gasteiger partial charge in [-0.25, -0.2) is 0 Å². The van der Waals surface area contributed by atoms with E-state index in [4.69, 9.17) is 0 Å². The van der Waals surface area contributed by atoms with Gasteiger partial charge in [-0.2, -0.15) is 0 Å². The van der Waals surface area contributed by atoms with Crippen molar-refractivity contribution in [3.05, 3.63) is 0 Å². The maximum atomic E-state index is 4.51. The summed E-state index contributed by atoms with van der Waals surface area (Å²) < 4.78 is 0. The average molecular weight is 167 g/mol. The minimum Gasteiger partial charge on any atom is -0.344 e. The summed E-state index contributed by atoms with van der Waals surface area (Å²) in [6.45, 7) is 4.51. The Balaban J connectivity index is 1.97. The van der Waals surface area contributed by atoms with Gasteiger partial charge in [0, 0.05) is 26.7 Å². The van der Waals surface area contributed by atoms with E-state index in [1.54, 1.807) is 0 Å². The molecule has 0 radical (unpaired) electrons. The van der Waals surface area contributed by atoms with Crippen LogP contribution in [0.5, 0.6) is 0 Å². The molecule has 2 aliphatic heterocycles. The van der Waals surface area contributed by atoms with Gasteiger partial charge in [0.2, 0.25) is 0 Å². The van der Waals surface area contributed by atoms with Crippen LogP contribution >= 0.6 is 0 Å². The highest BCUT2D eigenvalue weighted by molar-refractivity contribution is 5.81. The minimum atomic E-state index is 0.988. The smallest absolute Gasteiger partial charge is 0.196 e. The number of rotatable bonds is 0. The van der Waals surface area contributed by atoms with Gasteiger partial charge in [0.1, 0.15) is 0 Å². The maximum absolute atomic E-state index is 4.51. The summed E-state index contributed by atoms with van der Waals surface area (Å²) in [7, 11) is 2.14. The van der Waals surface area contributed by atoms with E-state index in [9.17, 15) is 0 Å². The number of likely N-dealkylation sites (N-methyl/N-ethyl adjacent to an activating group) is 1. The first-order chi connectivity index (χ1) is 5.88. The van der Waals surface area contributed by atoms with Gasteiger partial charge < -0.3 is 9.80 Å². The van der Waals surface area contributed by atoms with E-state index in [0.717, 1.165) is 13.1 Å². The van der Waals surface area contributed by atoms with E-state index in [2.05, 4.69) is 21.8 Å². The molecule has 12 heavy (non-hydrogen) atoms. The fourth-order valence-corrected chi connectivity index (χ4v) is 1.96. The summed E-state index contributed by atoms with van der Waals surface area (Å²) >= 11 is 0. The van der Waals surface area contributed by atoms with Gasteiger partial charge in [-0.15, -0.1) is 0 Å². The molecule has 0 aromatic heterocycles. The molecule has 0 atom stereocenters. The SMILES string of the molecule is CN1CCN=C1N1CCCCC1. The maximum Gasteiger partial charge on any atom is 0.196 e. The van der Waals surface area contributed by atoms with E-state index in [-0.39, 0.29) is 0 Å². The fourth-order valence-electron chi connectivity index (χ4n) is 1.96. The van der Waals surface area contributed by atoms with Crippen LogP contribution in [0.2, 0.25) is 0 Å². The third kappa shape index (κ3) is 1.40. The summed E-state index contributed by atoms with van der Waals surface area (Å²) in [5.74, 6) is 1.23. The van der Waals surface area contributed by atoms with Gasteiger partial charge in [-0.1, -0.05) is 0 Å². The van der Waals surface area contributed by atoms with Crippen LogP contribution in [0.4, 0.5) is 0 Å². The Labute approximate surface area is 74.1 Å². The van der Waals surface area contributed by atoms with Gasteiger partial charge in [0.15, 0.2) is 5.96 Å². The van der Waals surface area contributed by atoms with Crippen LogP contribution in [-0.4, -0.2) is 49.0 Å². The molecule has 0 aromatic carbocycles. The van der Waals surface area contributed by atoms with Crippen LogP contribution in [0.25, 0.3) is 0 Å². The molecule has 0 bridgehead atoms. The van der Waals surface area contributed by atoms with Gasteiger partial charge >= 0.3 is 0 Å². The van der Waals surface area contributed by atoms with Crippen LogP contribution in [-0.2, 0) is 0 Å². The van der Waals surface area contributed by atoms with Crippen molar-refractivity contribution in [3.63, 3.8) is 0 Å². The Morgan fingerprint density at radius 3 is 2.42 bits per heavy atom. The zero-order valence-electron chi connectivity index (χ0n) is 7.79. The molecule has 0 N–H and O–H groups in total. The van der Waals surface area contributed by atoms with Crippen molar-refractivity contribution < 1.29 is 0 Å². The predicted molar refractivity (Wildman–Crippen MR) is 50.4 cm³/mol. The molecule has 2 heterocycles. The molecule has 0 saturated carbocycles. The number of hydrogen-bond acceptors (Lipinski definition) is 3. The standard InChI is InChI=1S/C9H17N3/c1-11-8-5-10-9(11)12-6-3-2-4-7-12/h2-8H2,1H3. The molecule has 0 spiro atoms. The van der Waals surface area contributed by atoms with E-state index < -0.39 is 0 Å². The molecular formula is C9H17N3. The van der Waals surface area contributed by atoms with Crippen LogP contribution in [0.3, 0.4) is 0 Å². The van der Waals surface area contributed by atoms with Crippen molar-refractivity contribution in [2.24, 2.45) is 4.99 Å². The molecule has 0 aliphatic carbocycles. The van der Waals surface area contributed by atoms with Crippen molar-refractivity contribution in [1.82, 2.24) is 9.80 Å². The molecule has 0 unspecified atom stereocenters. The summed E-state index contributed by atoms with van der Waals surface area (Å²) in [5, 5.41) is 0. The Hall–Kier alpha value is -0.730. The molecular weight excluding hydrogens is 150 g/mol. The van der Waals surface area contributed by atoms with E-state index in [1.807, 2.05) is 0 Å². The second kappa shape index (κ2) is 3.33. The Morgan fingerprint density at radius 2 is 1.83 bits per heavy atom. The number of likely N-dealkylation sites (tertiary alicyclic amines) is 1. The van der Waals surface area contributed by atoms with Gasteiger partial charge in [-0.3, -0.25) is 4.99 Å². The quantitative estimate of drug-likeness (QED) is 0.531. The van der Waals surface area contributed by atoms with Crippen molar-refractivity contribution in [3.8, 4) is 0 Å². The van der Waals surface area contributed by atoms with Crippen LogP contribution in [0.1, 0.15) is 19.3 Å². The Bertz CT molecular complexity index is 182. The van der Waals surface area contributed by atoms with Gasteiger partial charge in [0.05, 0.1) is 6.54 Å². The van der Waals surface area contributed by atoms with Gasteiger partial charge in [-0.05, 0) is 19.3 Å². The molecule has 2 rings (SSSR count). The number of hydrogen-bond donors (Lipinski definition) is 0. The largest absolute Gasteiger partial charge is 0.344 e. The normalized spacial score (nSPS) is 24.6. The Morgan fingerprint density at radius 1 is 1.08 bits per heavy atom. The second-order valence-electron chi connectivity index (χ2n) is 3.65. The molecule has 0 amide bonds. The second-order valence-corrected chi connectivity index (χ2v) is 3.65. The summed E-state index contributed by atoms with van der Waals surface area (Å²) in [4.78, 5) is 9.21. The lowest BCUT2D eigenvalue weighted by atomic mass is 10.1. The molecule has 68 valence electrons. The van der Waals surface area contributed by atoms with Gasteiger partial charge in [0.25, 0.3) is 0 Å². The summed E-state index contributed by atoms with van der Waals surface area (Å²) in [6.07, 6.45) is 4.08. The highest BCUT2D eigenvalue weighted by Crippen LogP contribution is 2.12. The fraction of sp³-hybridized carbons (Fsp3) is 0.889. The first-order valence-corrected chi connectivity index (χ1v) is 4.88. The molecule has 2 aliphatic rings.